The third kappa shape index (κ3) is 4.04. The molecule has 2 N–H and O–H groups in total. The minimum absolute atomic E-state index is 0.0727. The Labute approximate surface area is 182 Å². The van der Waals surface area contributed by atoms with E-state index in [1.807, 2.05) is 12.3 Å². The summed E-state index contributed by atoms with van der Waals surface area (Å²) in [6.07, 6.45) is 1.23. The predicted octanol–water partition coefficient (Wildman–Crippen LogP) is 4.26. The number of aromatic nitrogens is 3. The van der Waals surface area contributed by atoms with Crippen LogP contribution in [0.3, 0.4) is 0 Å². The number of nitrogens with one attached hydrogen (secondary N) is 2. The van der Waals surface area contributed by atoms with Crippen LogP contribution in [0.15, 0.2) is 42.6 Å². The first kappa shape index (κ1) is 19.7. The summed E-state index contributed by atoms with van der Waals surface area (Å²) in [6, 6.07) is 8.94. The van der Waals surface area contributed by atoms with Crippen LogP contribution in [-0.2, 0) is 6.18 Å². The average molecular weight is 464 g/mol. The van der Waals surface area contributed by atoms with Crippen LogP contribution in [0, 0.1) is 0 Å². The lowest BCUT2D eigenvalue weighted by Gasteiger charge is -2.20. The number of H-pyrrole nitrogens is 1. The Morgan fingerprint density at radius 1 is 1.19 bits per heavy atom. The fourth-order valence-electron chi connectivity index (χ4n) is 3.12. The number of hydroxylamine groups is 2. The number of alkyl halides is 3. The summed E-state index contributed by atoms with van der Waals surface area (Å²) in [5.74, 6) is 0.908. The third-order valence-electron chi connectivity index (χ3n) is 4.57. The zero-order chi connectivity index (χ0) is 21.6. The van der Waals surface area contributed by atoms with Crippen LogP contribution in [-0.4, -0.2) is 25.9 Å². The van der Waals surface area contributed by atoms with Crippen molar-refractivity contribution in [3.05, 3.63) is 62.9 Å². The number of hydrogen-bond acceptors (Lipinski definition) is 6. The van der Waals surface area contributed by atoms with Gasteiger partial charge in [-0.15, -0.1) is 0 Å². The van der Waals surface area contributed by atoms with Crippen molar-refractivity contribution in [2.45, 2.75) is 6.18 Å². The van der Waals surface area contributed by atoms with Gasteiger partial charge in [0.2, 0.25) is 5.95 Å². The number of hydrogen-bond donors (Lipinski definition) is 2. The normalized spacial score (nSPS) is 13.5. The summed E-state index contributed by atoms with van der Waals surface area (Å²) >= 11 is 7.42. The van der Waals surface area contributed by atoms with E-state index in [0.717, 1.165) is 21.9 Å². The van der Waals surface area contributed by atoms with E-state index in [1.54, 1.807) is 35.5 Å². The number of rotatable bonds is 4. The maximum absolute atomic E-state index is 13.0. The zero-order valence-electron chi connectivity index (χ0n) is 15.6. The van der Waals surface area contributed by atoms with Gasteiger partial charge in [-0.1, -0.05) is 11.6 Å². The van der Waals surface area contributed by atoms with Crippen LogP contribution in [0.25, 0.3) is 23.3 Å². The molecule has 4 aromatic rings. The smallest absolute Gasteiger partial charge is 0.380 e. The highest BCUT2D eigenvalue weighted by Gasteiger charge is 2.31. The van der Waals surface area contributed by atoms with Gasteiger partial charge in [-0.2, -0.15) is 17.5 Å². The third-order valence-corrected chi connectivity index (χ3v) is 5.67. The van der Waals surface area contributed by atoms with Crippen molar-refractivity contribution in [2.75, 3.05) is 11.9 Å². The second-order valence-corrected chi connectivity index (χ2v) is 8.00. The molecule has 3 heterocycles. The highest BCUT2D eigenvalue weighted by molar-refractivity contribution is 7.03. The highest BCUT2D eigenvalue weighted by atomic mass is 35.5. The van der Waals surface area contributed by atoms with E-state index in [-0.39, 0.29) is 22.0 Å². The van der Waals surface area contributed by atoms with Crippen LogP contribution < -0.4 is 19.9 Å². The van der Waals surface area contributed by atoms with Gasteiger partial charge in [0.25, 0.3) is 0 Å². The lowest BCUT2D eigenvalue weighted by atomic mass is 10.2. The number of anilines is 2. The molecule has 0 fully saturated rings. The number of aromatic amines is 1. The lowest BCUT2D eigenvalue weighted by molar-refractivity contribution is -0.137. The summed E-state index contributed by atoms with van der Waals surface area (Å²) in [5.41, 5.74) is 0.300. The fraction of sp³-hybridized carbons (Fsp3) is 0.100. The molecule has 0 saturated heterocycles. The van der Waals surface area contributed by atoms with E-state index in [0.29, 0.717) is 18.0 Å². The molecular formula is C20H13ClF3N5OS. The standard InChI is InChI=1S/C20H13ClF3N5OS/c21-15-7-12(20(22,23)24)8-16-18(15)28-19(27-16)26-13-1-3-14(4-2-13)30-29-6-5-17-11(10-29)9-25-31-17/h1-5,7-10H,6H2,(H2,26,27,28). The molecule has 2 aromatic carbocycles. The van der Waals surface area contributed by atoms with Gasteiger partial charge in [-0.25, -0.2) is 10.0 Å². The first-order chi connectivity index (χ1) is 14.8. The number of nitrogens with zero attached hydrogens (tertiary/aromatic N) is 3. The van der Waals surface area contributed by atoms with Gasteiger partial charge in [-0.05, 0) is 54.0 Å². The zero-order valence-corrected chi connectivity index (χ0v) is 17.1. The molecule has 0 unspecified atom stereocenters. The summed E-state index contributed by atoms with van der Waals surface area (Å²) in [7, 11) is 0. The summed E-state index contributed by atoms with van der Waals surface area (Å²) in [5, 5.41) is 5.66. The first-order valence-corrected chi connectivity index (χ1v) is 10.2. The molecule has 1 aliphatic heterocycles. The molecule has 0 radical (unpaired) electrons. The SMILES string of the molecule is FC(F)(F)c1cc(Cl)c2nc(Nc3ccc(ON4C=c5cnsc5=CC4)cc3)[nH]c2c1. The van der Waals surface area contributed by atoms with Crippen molar-refractivity contribution >= 4 is 58.1 Å². The quantitative estimate of drug-likeness (QED) is 0.473. The molecule has 0 amide bonds. The second-order valence-electron chi connectivity index (χ2n) is 6.76. The van der Waals surface area contributed by atoms with E-state index in [9.17, 15) is 13.2 Å². The molecule has 31 heavy (non-hydrogen) atoms. The molecular weight excluding hydrogens is 451 g/mol. The molecule has 0 aliphatic carbocycles. The Morgan fingerprint density at radius 3 is 2.77 bits per heavy atom. The Morgan fingerprint density at radius 2 is 2.00 bits per heavy atom. The maximum Gasteiger partial charge on any atom is 0.416 e. The van der Waals surface area contributed by atoms with E-state index in [2.05, 4.69) is 19.7 Å². The van der Waals surface area contributed by atoms with Crippen molar-refractivity contribution < 1.29 is 18.0 Å². The topological polar surface area (TPSA) is 66.1 Å². The minimum Gasteiger partial charge on any atom is -0.380 e. The van der Waals surface area contributed by atoms with Gasteiger partial charge in [-0.3, -0.25) is 0 Å². The summed E-state index contributed by atoms with van der Waals surface area (Å²) in [6.45, 7) is 0.606. The van der Waals surface area contributed by atoms with Crippen LogP contribution >= 0.6 is 23.1 Å². The van der Waals surface area contributed by atoms with Crippen molar-refractivity contribution in [3.8, 4) is 5.75 Å². The minimum atomic E-state index is -4.49. The van der Waals surface area contributed by atoms with Crippen molar-refractivity contribution in [1.82, 2.24) is 19.4 Å². The number of benzene rings is 2. The van der Waals surface area contributed by atoms with E-state index in [1.165, 1.54) is 11.5 Å². The summed E-state index contributed by atoms with van der Waals surface area (Å²) < 4.78 is 44.2. The van der Waals surface area contributed by atoms with Gasteiger partial charge >= 0.3 is 6.18 Å². The molecule has 0 spiro atoms. The lowest BCUT2D eigenvalue weighted by Crippen LogP contribution is -2.34. The number of halogens is 4. The molecule has 158 valence electrons. The molecule has 11 heteroatoms. The van der Waals surface area contributed by atoms with Crippen LogP contribution in [0.2, 0.25) is 5.02 Å². The second kappa shape index (κ2) is 7.47. The number of fused-ring (bicyclic) bond motifs is 2. The summed E-state index contributed by atoms with van der Waals surface area (Å²) in [4.78, 5) is 12.9. The van der Waals surface area contributed by atoms with Gasteiger partial charge in [0.1, 0.15) is 5.52 Å². The van der Waals surface area contributed by atoms with Crippen LogP contribution in [0.4, 0.5) is 24.8 Å². The molecule has 0 bridgehead atoms. The van der Waals surface area contributed by atoms with E-state index in [4.69, 9.17) is 16.4 Å². The van der Waals surface area contributed by atoms with Gasteiger partial charge in [0, 0.05) is 17.1 Å². The largest absolute Gasteiger partial charge is 0.416 e. The van der Waals surface area contributed by atoms with Crippen LogP contribution in [0.1, 0.15) is 5.56 Å². The Bertz CT molecular complexity index is 1380. The first-order valence-electron chi connectivity index (χ1n) is 9.06. The molecule has 2 aromatic heterocycles. The molecule has 5 rings (SSSR count). The number of imidazole rings is 1. The average Bonchev–Trinajstić information content (AvgIpc) is 3.35. The fourth-order valence-corrected chi connectivity index (χ4v) is 4.02. The molecule has 0 atom stereocenters. The monoisotopic (exact) mass is 463 g/mol. The maximum atomic E-state index is 13.0. The van der Waals surface area contributed by atoms with Crippen molar-refractivity contribution in [2.24, 2.45) is 0 Å². The Balaban J connectivity index is 1.31. The molecule has 0 saturated carbocycles. The highest BCUT2D eigenvalue weighted by Crippen LogP contribution is 2.35. The van der Waals surface area contributed by atoms with Crippen LogP contribution in [0.5, 0.6) is 5.75 Å². The van der Waals surface area contributed by atoms with E-state index < -0.39 is 11.7 Å². The molecule has 1 aliphatic rings. The van der Waals surface area contributed by atoms with E-state index >= 15 is 0 Å². The Hall–Kier alpha value is -3.24. The van der Waals surface area contributed by atoms with Gasteiger partial charge < -0.3 is 15.1 Å². The van der Waals surface area contributed by atoms with Gasteiger partial charge in [0.15, 0.2) is 5.75 Å². The molecule has 6 nitrogen and oxygen atoms in total. The van der Waals surface area contributed by atoms with Gasteiger partial charge in [0.05, 0.1) is 33.4 Å². The Kier molecular flexibility index (Phi) is 4.75. The van der Waals surface area contributed by atoms with Crippen molar-refractivity contribution in [1.29, 1.82) is 0 Å². The van der Waals surface area contributed by atoms with Crippen molar-refractivity contribution in [3.63, 3.8) is 0 Å². The predicted molar refractivity (Wildman–Crippen MR) is 113 cm³/mol.